The molecule has 5 heteroatoms. The smallest absolute Gasteiger partial charge is 0.270 e. The zero-order valence-electron chi connectivity index (χ0n) is 12.6. The number of halogens is 1. The minimum Gasteiger partial charge on any atom is -0.345 e. The first-order valence-corrected chi connectivity index (χ1v) is 8.21. The minimum absolute atomic E-state index is 0.149. The topological polar surface area (TPSA) is 28.5 Å². The second-order valence-electron chi connectivity index (χ2n) is 5.40. The molecular formula is C15H24BrN3O. The molecule has 4 nitrogen and oxygen atoms in total. The summed E-state index contributed by atoms with van der Waals surface area (Å²) in [6.07, 6.45) is 4.09. The predicted molar refractivity (Wildman–Crippen MR) is 85.0 cm³/mol. The Morgan fingerprint density at radius 2 is 1.95 bits per heavy atom. The lowest BCUT2D eigenvalue weighted by atomic mass is 10.0. The van der Waals surface area contributed by atoms with Crippen LogP contribution in [0.4, 0.5) is 0 Å². The van der Waals surface area contributed by atoms with E-state index in [1.807, 2.05) is 28.8 Å². The Balaban J connectivity index is 1.97. The van der Waals surface area contributed by atoms with Crippen LogP contribution in [-0.2, 0) is 7.05 Å². The molecule has 2 rings (SSSR count). The number of likely N-dealkylation sites (tertiary alicyclic amines) is 1. The summed E-state index contributed by atoms with van der Waals surface area (Å²) < 4.78 is 2.85. The molecule has 1 aliphatic rings. The summed E-state index contributed by atoms with van der Waals surface area (Å²) in [5.74, 6) is 0.149. The number of carbonyl (C=O) groups excluding carboxylic acids is 1. The molecule has 2 heterocycles. The Hall–Kier alpha value is -0.810. The fourth-order valence-corrected chi connectivity index (χ4v) is 3.60. The first kappa shape index (κ1) is 15.6. The van der Waals surface area contributed by atoms with Gasteiger partial charge in [0.25, 0.3) is 5.91 Å². The number of aromatic nitrogens is 1. The average molecular weight is 342 g/mol. The lowest BCUT2D eigenvalue weighted by Gasteiger charge is -2.37. The van der Waals surface area contributed by atoms with Crippen LogP contribution in [-0.4, -0.2) is 52.5 Å². The van der Waals surface area contributed by atoms with E-state index >= 15 is 0 Å². The molecule has 1 aromatic heterocycles. The lowest BCUT2D eigenvalue weighted by molar-refractivity contribution is 0.0622. The quantitative estimate of drug-likeness (QED) is 0.842. The standard InChI is InChI=1S/C15H24BrN3O/c1-4-18(5-2)13-6-8-19(9-7-13)15(20)14-10-12(16)11-17(14)3/h10-11,13H,4-9H2,1-3H3. The molecule has 0 aromatic carbocycles. The summed E-state index contributed by atoms with van der Waals surface area (Å²) in [5, 5.41) is 0. The molecule has 1 amide bonds. The number of piperidine rings is 1. The summed E-state index contributed by atoms with van der Waals surface area (Å²) in [6.45, 7) is 8.34. The van der Waals surface area contributed by atoms with Crippen molar-refractivity contribution in [2.24, 2.45) is 7.05 Å². The van der Waals surface area contributed by atoms with Gasteiger partial charge in [-0.15, -0.1) is 0 Å². The summed E-state index contributed by atoms with van der Waals surface area (Å²) in [5.41, 5.74) is 0.762. The van der Waals surface area contributed by atoms with E-state index in [-0.39, 0.29) is 5.91 Å². The summed E-state index contributed by atoms with van der Waals surface area (Å²) in [6, 6.07) is 2.54. The molecular weight excluding hydrogens is 318 g/mol. The van der Waals surface area contributed by atoms with Crippen molar-refractivity contribution in [2.45, 2.75) is 32.7 Å². The molecule has 1 saturated heterocycles. The van der Waals surface area contributed by atoms with Gasteiger partial charge < -0.3 is 14.4 Å². The Labute approximate surface area is 129 Å². The van der Waals surface area contributed by atoms with E-state index in [9.17, 15) is 4.79 Å². The third-order valence-corrected chi connectivity index (χ3v) is 4.70. The highest BCUT2D eigenvalue weighted by Gasteiger charge is 2.27. The SMILES string of the molecule is CCN(CC)C1CCN(C(=O)c2cc(Br)cn2C)CC1. The van der Waals surface area contributed by atoms with Gasteiger partial charge in [0.2, 0.25) is 0 Å². The van der Waals surface area contributed by atoms with Crippen molar-refractivity contribution in [3.63, 3.8) is 0 Å². The van der Waals surface area contributed by atoms with Gasteiger partial charge in [0, 0.05) is 36.8 Å². The van der Waals surface area contributed by atoms with Crippen molar-refractivity contribution in [2.75, 3.05) is 26.2 Å². The van der Waals surface area contributed by atoms with Gasteiger partial charge in [-0.1, -0.05) is 13.8 Å². The van der Waals surface area contributed by atoms with E-state index in [1.54, 1.807) is 0 Å². The monoisotopic (exact) mass is 341 g/mol. The molecule has 0 N–H and O–H groups in total. The highest BCUT2D eigenvalue weighted by Crippen LogP contribution is 2.20. The van der Waals surface area contributed by atoms with Crippen LogP contribution in [0, 0.1) is 0 Å². The summed E-state index contributed by atoms with van der Waals surface area (Å²) >= 11 is 3.42. The zero-order valence-corrected chi connectivity index (χ0v) is 14.2. The van der Waals surface area contributed by atoms with Crippen LogP contribution in [0.15, 0.2) is 16.7 Å². The lowest BCUT2D eigenvalue weighted by Crippen LogP contribution is -2.46. The van der Waals surface area contributed by atoms with E-state index < -0.39 is 0 Å². The molecule has 0 saturated carbocycles. The van der Waals surface area contributed by atoms with Gasteiger partial charge in [0.05, 0.1) is 0 Å². The largest absolute Gasteiger partial charge is 0.345 e. The Kier molecular flexibility index (Phi) is 5.27. The number of carbonyl (C=O) groups is 1. The van der Waals surface area contributed by atoms with Crippen LogP contribution >= 0.6 is 15.9 Å². The van der Waals surface area contributed by atoms with Crippen LogP contribution in [0.5, 0.6) is 0 Å². The molecule has 0 radical (unpaired) electrons. The Morgan fingerprint density at radius 1 is 1.35 bits per heavy atom. The van der Waals surface area contributed by atoms with E-state index in [1.165, 1.54) is 0 Å². The molecule has 112 valence electrons. The predicted octanol–water partition coefficient (Wildman–Crippen LogP) is 2.73. The van der Waals surface area contributed by atoms with Crippen LogP contribution in [0.2, 0.25) is 0 Å². The molecule has 1 aromatic rings. The molecule has 0 bridgehead atoms. The number of rotatable bonds is 4. The van der Waals surface area contributed by atoms with E-state index in [0.717, 1.165) is 49.2 Å². The molecule has 20 heavy (non-hydrogen) atoms. The third kappa shape index (κ3) is 3.26. The second kappa shape index (κ2) is 6.76. The van der Waals surface area contributed by atoms with Crippen molar-refractivity contribution in [1.29, 1.82) is 0 Å². The highest BCUT2D eigenvalue weighted by molar-refractivity contribution is 9.10. The van der Waals surface area contributed by atoms with Crippen LogP contribution in [0.3, 0.4) is 0 Å². The maximum absolute atomic E-state index is 12.5. The molecule has 1 fully saturated rings. The van der Waals surface area contributed by atoms with E-state index in [2.05, 4.69) is 34.7 Å². The van der Waals surface area contributed by atoms with Crippen molar-refractivity contribution in [3.05, 3.63) is 22.4 Å². The van der Waals surface area contributed by atoms with Crippen molar-refractivity contribution >= 4 is 21.8 Å². The zero-order chi connectivity index (χ0) is 14.7. The third-order valence-electron chi connectivity index (χ3n) is 4.27. The van der Waals surface area contributed by atoms with Crippen molar-refractivity contribution < 1.29 is 4.79 Å². The normalized spacial score (nSPS) is 16.9. The van der Waals surface area contributed by atoms with Crippen LogP contribution < -0.4 is 0 Å². The van der Waals surface area contributed by atoms with E-state index in [0.29, 0.717) is 6.04 Å². The fraction of sp³-hybridized carbons (Fsp3) is 0.667. The van der Waals surface area contributed by atoms with Crippen molar-refractivity contribution in [1.82, 2.24) is 14.4 Å². The number of hydrogen-bond acceptors (Lipinski definition) is 2. The average Bonchev–Trinajstić information content (AvgIpc) is 2.79. The fourth-order valence-electron chi connectivity index (χ4n) is 3.07. The summed E-state index contributed by atoms with van der Waals surface area (Å²) in [7, 11) is 1.92. The summed E-state index contributed by atoms with van der Waals surface area (Å²) in [4.78, 5) is 17.0. The number of aryl methyl sites for hydroxylation is 1. The highest BCUT2D eigenvalue weighted by atomic mass is 79.9. The first-order chi connectivity index (χ1) is 9.56. The van der Waals surface area contributed by atoms with Crippen LogP contribution in [0.1, 0.15) is 37.2 Å². The van der Waals surface area contributed by atoms with E-state index in [4.69, 9.17) is 0 Å². The molecule has 0 atom stereocenters. The maximum atomic E-state index is 12.5. The van der Waals surface area contributed by atoms with Gasteiger partial charge in [-0.3, -0.25) is 4.79 Å². The Bertz CT molecular complexity index is 460. The van der Waals surface area contributed by atoms with Crippen molar-refractivity contribution in [3.8, 4) is 0 Å². The molecule has 0 aliphatic carbocycles. The van der Waals surface area contributed by atoms with Gasteiger partial charge in [0.1, 0.15) is 5.69 Å². The first-order valence-electron chi connectivity index (χ1n) is 7.42. The van der Waals surface area contributed by atoms with Gasteiger partial charge in [-0.05, 0) is 47.9 Å². The molecule has 0 unspecified atom stereocenters. The van der Waals surface area contributed by atoms with Gasteiger partial charge in [-0.2, -0.15) is 0 Å². The minimum atomic E-state index is 0.149. The molecule has 0 spiro atoms. The van der Waals surface area contributed by atoms with Crippen LogP contribution in [0.25, 0.3) is 0 Å². The van der Waals surface area contributed by atoms with Gasteiger partial charge in [0.15, 0.2) is 0 Å². The second-order valence-corrected chi connectivity index (χ2v) is 6.31. The maximum Gasteiger partial charge on any atom is 0.270 e. The van der Waals surface area contributed by atoms with Gasteiger partial charge >= 0.3 is 0 Å². The number of hydrogen-bond donors (Lipinski definition) is 0. The Morgan fingerprint density at radius 3 is 2.40 bits per heavy atom. The number of amides is 1. The number of nitrogens with zero attached hydrogens (tertiary/aromatic N) is 3. The molecule has 1 aliphatic heterocycles. The van der Waals surface area contributed by atoms with Gasteiger partial charge in [-0.25, -0.2) is 0 Å².